The predicted molar refractivity (Wildman–Crippen MR) is 38.4 cm³/mol. The van der Waals surface area contributed by atoms with Crippen molar-refractivity contribution in [1.29, 1.82) is 0 Å². The summed E-state index contributed by atoms with van der Waals surface area (Å²) in [5.41, 5.74) is 0. The molecular formula is C5H8Cl2O3. The van der Waals surface area contributed by atoms with E-state index in [1.165, 1.54) is 0 Å². The summed E-state index contributed by atoms with van der Waals surface area (Å²) in [5, 5.41) is 15.5. The lowest BCUT2D eigenvalue weighted by Crippen LogP contribution is -2.25. The minimum absolute atomic E-state index is 0.0718. The SMILES string of the molecule is O=C(O)CC(O)(Cl)CCCl. The van der Waals surface area contributed by atoms with Crippen molar-refractivity contribution in [2.24, 2.45) is 0 Å². The normalized spacial score (nSPS) is 16.3. The Morgan fingerprint density at radius 1 is 1.60 bits per heavy atom. The van der Waals surface area contributed by atoms with Crippen LogP contribution in [0.2, 0.25) is 0 Å². The summed E-state index contributed by atoms with van der Waals surface area (Å²) >= 11 is 10.6. The van der Waals surface area contributed by atoms with Gasteiger partial charge in [-0.05, 0) is 0 Å². The molecule has 0 spiro atoms. The van der Waals surface area contributed by atoms with Gasteiger partial charge in [0.2, 0.25) is 0 Å². The highest BCUT2D eigenvalue weighted by Gasteiger charge is 2.25. The molecule has 60 valence electrons. The second-order valence-corrected chi connectivity index (χ2v) is 3.01. The minimum Gasteiger partial charge on any atom is -0.481 e. The Kier molecular flexibility index (Phi) is 4.01. The topological polar surface area (TPSA) is 57.5 Å². The van der Waals surface area contributed by atoms with E-state index in [9.17, 15) is 4.79 Å². The molecule has 0 saturated carbocycles. The fraction of sp³-hybridized carbons (Fsp3) is 0.800. The molecule has 0 amide bonds. The number of carbonyl (C=O) groups is 1. The molecule has 3 nitrogen and oxygen atoms in total. The maximum absolute atomic E-state index is 10.0. The number of rotatable bonds is 4. The molecule has 0 fully saturated rings. The van der Waals surface area contributed by atoms with Crippen molar-refractivity contribution in [3.05, 3.63) is 0 Å². The van der Waals surface area contributed by atoms with Crippen LogP contribution in [0.4, 0.5) is 0 Å². The number of hydrogen-bond acceptors (Lipinski definition) is 2. The van der Waals surface area contributed by atoms with Crippen LogP contribution in [0.25, 0.3) is 0 Å². The average Bonchev–Trinajstić information content (AvgIpc) is 1.59. The number of alkyl halides is 2. The van der Waals surface area contributed by atoms with Crippen molar-refractivity contribution in [2.75, 3.05) is 5.88 Å². The molecule has 0 rings (SSSR count). The summed E-state index contributed by atoms with van der Waals surface area (Å²) < 4.78 is 0. The van der Waals surface area contributed by atoms with Gasteiger partial charge in [0.25, 0.3) is 0 Å². The molecule has 0 bridgehead atoms. The maximum Gasteiger partial charge on any atom is 0.307 e. The molecule has 1 atom stereocenters. The Morgan fingerprint density at radius 3 is 2.40 bits per heavy atom. The standard InChI is InChI=1S/C5H8Cl2O3/c6-2-1-5(7,10)3-4(8)9/h10H,1-3H2,(H,8,9). The van der Waals surface area contributed by atoms with Crippen molar-refractivity contribution in [1.82, 2.24) is 0 Å². The van der Waals surface area contributed by atoms with Crippen LogP contribution in [0.1, 0.15) is 12.8 Å². The molecule has 0 saturated heterocycles. The van der Waals surface area contributed by atoms with Crippen LogP contribution in [0, 0.1) is 0 Å². The van der Waals surface area contributed by atoms with Gasteiger partial charge in [0.15, 0.2) is 0 Å². The molecule has 10 heavy (non-hydrogen) atoms. The number of halogens is 2. The summed E-state index contributed by atoms with van der Waals surface area (Å²) in [5.74, 6) is -0.990. The van der Waals surface area contributed by atoms with Crippen LogP contribution in [-0.4, -0.2) is 27.1 Å². The van der Waals surface area contributed by atoms with E-state index >= 15 is 0 Å². The first-order valence-electron chi connectivity index (χ1n) is 2.67. The molecule has 0 aromatic rings. The Hall–Kier alpha value is 0.01000. The zero-order valence-corrected chi connectivity index (χ0v) is 6.69. The van der Waals surface area contributed by atoms with E-state index in [4.69, 9.17) is 33.4 Å². The molecule has 2 N–H and O–H groups in total. The van der Waals surface area contributed by atoms with E-state index in [1.807, 2.05) is 0 Å². The fourth-order valence-corrected chi connectivity index (χ4v) is 1.08. The van der Waals surface area contributed by atoms with E-state index in [2.05, 4.69) is 0 Å². The van der Waals surface area contributed by atoms with Crippen LogP contribution in [0.5, 0.6) is 0 Å². The lowest BCUT2D eigenvalue weighted by Gasteiger charge is -2.15. The van der Waals surface area contributed by atoms with Crippen LogP contribution in [0.15, 0.2) is 0 Å². The van der Waals surface area contributed by atoms with E-state index in [0.29, 0.717) is 0 Å². The Labute approximate surface area is 68.6 Å². The van der Waals surface area contributed by atoms with Gasteiger partial charge in [0, 0.05) is 12.3 Å². The molecule has 0 aromatic carbocycles. The lowest BCUT2D eigenvalue weighted by molar-refractivity contribution is -0.140. The summed E-state index contributed by atoms with van der Waals surface area (Å²) in [6.07, 6.45) is -0.413. The second kappa shape index (κ2) is 4.01. The van der Waals surface area contributed by atoms with Gasteiger partial charge in [0.1, 0.15) is 5.06 Å². The van der Waals surface area contributed by atoms with Gasteiger partial charge >= 0.3 is 5.97 Å². The molecule has 0 aliphatic rings. The van der Waals surface area contributed by atoms with E-state index in [1.54, 1.807) is 0 Å². The summed E-state index contributed by atoms with van der Waals surface area (Å²) in [6, 6.07) is 0. The molecule has 0 aromatic heterocycles. The highest BCUT2D eigenvalue weighted by Crippen LogP contribution is 2.20. The zero-order valence-electron chi connectivity index (χ0n) is 5.18. The zero-order chi connectivity index (χ0) is 8.20. The molecule has 5 heteroatoms. The minimum atomic E-state index is -1.69. The Morgan fingerprint density at radius 2 is 2.10 bits per heavy atom. The molecule has 0 aliphatic heterocycles. The average molecular weight is 187 g/mol. The molecule has 0 aliphatic carbocycles. The largest absolute Gasteiger partial charge is 0.481 e. The fourth-order valence-electron chi connectivity index (χ4n) is 0.465. The predicted octanol–water partition coefficient (Wildman–Crippen LogP) is 1.02. The van der Waals surface area contributed by atoms with E-state index < -0.39 is 17.5 Å². The smallest absolute Gasteiger partial charge is 0.307 e. The van der Waals surface area contributed by atoms with Gasteiger partial charge in [-0.3, -0.25) is 4.79 Å². The van der Waals surface area contributed by atoms with Crippen molar-refractivity contribution < 1.29 is 15.0 Å². The number of carboxylic acids is 1. The van der Waals surface area contributed by atoms with Crippen molar-refractivity contribution in [3.63, 3.8) is 0 Å². The van der Waals surface area contributed by atoms with Crippen molar-refractivity contribution in [3.8, 4) is 0 Å². The highest BCUT2D eigenvalue weighted by molar-refractivity contribution is 6.24. The van der Waals surface area contributed by atoms with Crippen molar-refractivity contribution in [2.45, 2.75) is 17.9 Å². The molecular weight excluding hydrogens is 179 g/mol. The third-order valence-corrected chi connectivity index (χ3v) is 1.41. The van der Waals surface area contributed by atoms with Crippen LogP contribution >= 0.6 is 23.2 Å². The number of aliphatic hydroxyl groups is 1. The van der Waals surface area contributed by atoms with Gasteiger partial charge < -0.3 is 10.2 Å². The van der Waals surface area contributed by atoms with E-state index in [-0.39, 0.29) is 12.3 Å². The second-order valence-electron chi connectivity index (χ2n) is 1.93. The van der Waals surface area contributed by atoms with Crippen LogP contribution in [-0.2, 0) is 4.79 Å². The highest BCUT2D eigenvalue weighted by atomic mass is 35.5. The van der Waals surface area contributed by atoms with Gasteiger partial charge in [-0.2, -0.15) is 0 Å². The van der Waals surface area contributed by atoms with Gasteiger partial charge in [-0.25, -0.2) is 0 Å². The summed E-state index contributed by atoms with van der Waals surface area (Å²) in [4.78, 5) is 10.0. The number of carboxylic acid groups (broad SMARTS) is 1. The third kappa shape index (κ3) is 4.85. The molecule has 0 heterocycles. The lowest BCUT2D eigenvalue weighted by atomic mass is 10.2. The van der Waals surface area contributed by atoms with Crippen molar-refractivity contribution >= 4 is 29.2 Å². The molecule has 1 unspecified atom stereocenters. The quantitative estimate of drug-likeness (QED) is 0.646. The number of hydrogen-bond donors (Lipinski definition) is 2. The first kappa shape index (κ1) is 10.0. The summed E-state index contributed by atoms with van der Waals surface area (Å²) in [6.45, 7) is 0. The van der Waals surface area contributed by atoms with Crippen LogP contribution < -0.4 is 0 Å². The Bertz CT molecular complexity index is 124. The van der Waals surface area contributed by atoms with Gasteiger partial charge in [0.05, 0.1) is 6.42 Å². The van der Waals surface area contributed by atoms with Gasteiger partial charge in [-0.15, -0.1) is 11.6 Å². The van der Waals surface area contributed by atoms with Crippen LogP contribution in [0.3, 0.4) is 0 Å². The number of aliphatic carboxylic acids is 1. The Balaban J connectivity index is 3.74. The maximum atomic E-state index is 10.0. The van der Waals surface area contributed by atoms with Gasteiger partial charge in [-0.1, -0.05) is 11.6 Å². The first-order valence-corrected chi connectivity index (χ1v) is 3.58. The van der Waals surface area contributed by atoms with E-state index in [0.717, 1.165) is 0 Å². The monoisotopic (exact) mass is 186 g/mol. The molecule has 0 radical (unpaired) electrons. The summed E-state index contributed by atoms with van der Waals surface area (Å²) in [7, 11) is 0. The third-order valence-electron chi connectivity index (χ3n) is 0.900. The first-order chi connectivity index (χ1) is 4.48.